The van der Waals surface area contributed by atoms with E-state index in [0.717, 1.165) is 49.9 Å². The maximum atomic E-state index is 13.1. The van der Waals surface area contributed by atoms with Crippen molar-refractivity contribution in [3.8, 4) is 0 Å². The summed E-state index contributed by atoms with van der Waals surface area (Å²) < 4.78 is 28.9. The minimum atomic E-state index is -2.74. The van der Waals surface area contributed by atoms with Gasteiger partial charge in [-0.25, -0.2) is 9.97 Å². The first-order chi connectivity index (χ1) is 15.4. The number of rotatable bonds is 5. The van der Waals surface area contributed by atoms with Crippen LogP contribution in [0.5, 0.6) is 0 Å². The second-order valence-electron chi connectivity index (χ2n) is 8.28. The van der Waals surface area contributed by atoms with Crippen molar-refractivity contribution in [2.75, 3.05) is 18.0 Å². The van der Waals surface area contributed by atoms with Crippen molar-refractivity contribution in [2.24, 2.45) is 11.1 Å². The average Bonchev–Trinajstić information content (AvgIpc) is 3.49. The van der Waals surface area contributed by atoms with Gasteiger partial charge in [-0.3, -0.25) is 4.68 Å². The van der Waals surface area contributed by atoms with Crippen LogP contribution >= 0.6 is 11.8 Å². The fraction of sp³-hybridized carbons (Fsp3) is 0.500. The van der Waals surface area contributed by atoms with Crippen molar-refractivity contribution in [3.63, 3.8) is 0 Å². The number of anilines is 1. The summed E-state index contributed by atoms with van der Waals surface area (Å²) in [6.45, 7) is 1.06. The predicted octanol–water partition coefficient (Wildman–Crippen LogP) is 2.52. The smallest absolute Gasteiger partial charge is 0.334 e. The van der Waals surface area contributed by atoms with E-state index in [1.54, 1.807) is 13.1 Å². The summed E-state index contributed by atoms with van der Waals surface area (Å²) in [5, 5.41) is 18.7. The molecule has 0 saturated carbocycles. The van der Waals surface area contributed by atoms with Crippen molar-refractivity contribution in [3.05, 3.63) is 41.6 Å². The van der Waals surface area contributed by atoms with Crippen LogP contribution < -0.4 is 10.6 Å². The monoisotopic (exact) mass is 462 g/mol. The number of hydrogen-bond donors (Lipinski definition) is 2. The van der Waals surface area contributed by atoms with E-state index < -0.39 is 6.55 Å². The fourth-order valence-corrected chi connectivity index (χ4v) is 5.59. The van der Waals surface area contributed by atoms with Crippen LogP contribution in [0.4, 0.5) is 14.6 Å². The van der Waals surface area contributed by atoms with Crippen LogP contribution in [0.3, 0.4) is 0 Å². The first-order valence-corrected chi connectivity index (χ1v) is 11.2. The highest BCUT2D eigenvalue weighted by Gasteiger charge is 2.47. The van der Waals surface area contributed by atoms with Crippen LogP contribution in [-0.2, 0) is 13.2 Å². The zero-order chi connectivity index (χ0) is 22.5. The van der Waals surface area contributed by atoms with Gasteiger partial charge >= 0.3 is 6.55 Å². The topological polar surface area (TPSA) is 111 Å². The van der Waals surface area contributed by atoms with E-state index in [1.165, 1.54) is 12.3 Å². The van der Waals surface area contributed by atoms with Gasteiger partial charge in [-0.2, -0.15) is 23.7 Å². The molecule has 0 bridgehead atoms. The number of aromatic nitrogens is 6. The molecule has 1 unspecified atom stereocenters. The molecule has 2 aliphatic heterocycles. The number of piperidine rings is 1. The highest BCUT2D eigenvalue weighted by molar-refractivity contribution is 7.99. The van der Waals surface area contributed by atoms with E-state index >= 15 is 0 Å². The average molecular weight is 463 g/mol. The fourth-order valence-electron chi connectivity index (χ4n) is 4.69. The molecule has 0 aliphatic carbocycles. The van der Waals surface area contributed by atoms with E-state index in [0.29, 0.717) is 26.9 Å². The number of fused-ring (bicyclic) bond motifs is 1. The lowest BCUT2D eigenvalue weighted by atomic mass is 9.73. The van der Waals surface area contributed by atoms with E-state index in [9.17, 15) is 13.9 Å². The van der Waals surface area contributed by atoms with Gasteiger partial charge in [0.15, 0.2) is 5.82 Å². The molecule has 3 aromatic heterocycles. The Morgan fingerprint density at radius 1 is 1.22 bits per heavy atom. The van der Waals surface area contributed by atoms with Crippen molar-refractivity contribution >= 4 is 17.6 Å². The molecule has 1 saturated heterocycles. The SMILES string of the molecule is Cc1nc(N2CCC3(CC2)Cn2nccc2C3N)c(CO)nc1Sc1ccnn1C(F)F. The van der Waals surface area contributed by atoms with Crippen LogP contribution in [-0.4, -0.2) is 47.7 Å². The Bertz CT molecular complexity index is 1120. The number of nitrogens with zero attached hydrogens (tertiary/aromatic N) is 7. The van der Waals surface area contributed by atoms with Crippen LogP contribution in [0, 0.1) is 12.3 Å². The molecule has 1 fully saturated rings. The molecule has 3 aromatic rings. The number of halogens is 2. The van der Waals surface area contributed by atoms with Crippen molar-refractivity contribution in [1.29, 1.82) is 0 Å². The summed E-state index contributed by atoms with van der Waals surface area (Å²) in [7, 11) is 0. The summed E-state index contributed by atoms with van der Waals surface area (Å²) in [6, 6.07) is 3.45. The Morgan fingerprint density at radius 2 is 1.97 bits per heavy atom. The molecule has 0 radical (unpaired) electrons. The number of aryl methyl sites for hydroxylation is 1. The lowest BCUT2D eigenvalue weighted by Crippen LogP contribution is -2.45. The summed E-state index contributed by atoms with van der Waals surface area (Å²) in [5.74, 6) is 0.635. The lowest BCUT2D eigenvalue weighted by Gasteiger charge is -2.42. The molecule has 5 rings (SSSR count). The highest BCUT2D eigenvalue weighted by atomic mass is 32.2. The molecule has 170 valence electrons. The number of aliphatic hydroxyl groups excluding tert-OH is 1. The summed E-state index contributed by atoms with van der Waals surface area (Å²) in [5.41, 5.74) is 8.67. The van der Waals surface area contributed by atoms with Gasteiger partial charge in [0.2, 0.25) is 0 Å². The minimum absolute atomic E-state index is 0.0224. The van der Waals surface area contributed by atoms with Gasteiger partial charge in [-0.1, -0.05) is 0 Å². The third-order valence-electron chi connectivity index (χ3n) is 6.50. The van der Waals surface area contributed by atoms with Crippen molar-refractivity contribution in [1.82, 2.24) is 29.5 Å². The number of hydrogen-bond acceptors (Lipinski definition) is 8. The van der Waals surface area contributed by atoms with Crippen LogP contribution in [0.25, 0.3) is 0 Å². The van der Waals surface area contributed by atoms with Gasteiger partial charge in [0.1, 0.15) is 15.7 Å². The van der Waals surface area contributed by atoms with Crippen molar-refractivity contribution < 1.29 is 13.9 Å². The van der Waals surface area contributed by atoms with Crippen LogP contribution in [0.2, 0.25) is 0 Å². The molecule has 3 N–H and O–H groups in total. The molecular weight excluding hydrogens is 438 g/mol. The van der Waals surface area contributed by atoms with Crippen molar-refractivity contribution in [2.45, 2.75) is 55.6 Å². The third-order valence-corrected chi connectivity index (χ3v) is 7.61. The van der Waals surface area contributed by atoms with E-state index in [2.05, 4.69) is 20.1 Å². The van der Waals surface area contributed by atoms with Gasteiger partial charge in [0.25, 0.3) is 0 Å². The predicted molar refractivity (Wildman–Crippen MR) is 113 cm³/mol. The third kappa shape index (κ3) is 3.46. The maximum Gasteiger partial charge on any atom is 0.334 e. The second-order valence-corrected chi connectivity index (χ2v) is 9.29. The largest absolute Gasteiger partial charge is 0.390 e. The molecular formula is C20H24F2N8OS. The maximum absolute atomic E-state index is 13.1. The minimum Gasteiger partial charge on any atom is -0.390 e. The summed E-state index contributed by atoms with van der Waals surface area (Å²) >= 11 is 1.06. The Labute approximate surface area is 187 Å². The van der Waals surface area contributed by atoms with E-state index in [-0.39, 0.29) is 23.1 Å². The Balaban J connectivity index is 1.35. The summed E-state index contributed by atoms with van der Waals surface area (Å²) in [4.78, 5) is 11.4. The normalized spacial score (nSPS) is 19.8. The number of aliphatic hydroxyl groups is 1. The lowest BCUT2D eigenvalue weighted by molar-refractivity contribution is 0.0475. The standard InChI is InChI=1S/C20H24F2N8OS/c1-12-18(32-15-3-7-25-30(15)19(21)22)27-13(10-31)17(26-12)28-8-4-20(5-9-28)11-29-14(16(20)23)2-6-24-29/h2-3,6-7,16,19,31H,4-5,8-11,23H2,1H3. The van der Waals surface area contributed by atoms with Crippen LogP contribution in [0.1, 0.15) is 42.5 Å². The van der Waals surface area contributed by atoms with Gasteiger partial charge in [0, 0.05) is 31.2 Å². The Morgan fingerprint density at radius 3 is 2.66 bits per heavy atom. The molecule has 32 heavy (non-hydrogen) atoms. The molecule has 1 spiro atoms. The number of alkyl halides is 2. The molecule has 9 nitrogen and oxygen atoms in total. The second kappa shape index (κ2) is 8.09. The number of nitrogens with two attached hydrogens (primary N) is 1. The van der Waals surface area contributed by atoms with Gasteiger partial charge in [-0.05, 0) is 43.7 Å². The zero-order valence-electron chi connectivity index (χ0n) is 17.5. The van der Waals surface area contributed by atoms with Gasteiger partial charge < -0.3 is 15.7 Å². The van der Waals surface area contributed by atoms with E-state index in [1.807, 2.05) is 10.7 Å². The molecule has 0 aromatic carbocycles. The molecule has 12 heteroatoms. The molecule has 1 atom stereocenters. The Kier molecular flexibility index (Phi) is 5.38. The Hall–Kier alpha value is -2.57. The highest BCUT2D eigenvalue weighted by Crippen LogP contribution is 2.48. The van der Waals surface area contributed by atoms with Crippen LogP contribution in [0.15, 0.2) is 34.6 Å². The first kappa shape index (κ1) is 21.3. The van der Waals surface area contributed by atoms with Gasteiger partial charge in [-0.15, -0.1) is 0 Å². The summed E-state index contributed by atoms with van der Waals surface area (Å²) in [6.07, 6.45) is 4.87. The zero-order valence-corrected chi connectivity index (χ0v) is 18.3. The quantitative estimate of drug-likeness (QED) is 0.595. The molecule has 0 amide bonds. The van der Waals surface area contributed by atoms with Gasteiger partial charge in [0.05, 0.1) is 30.2 Å². The first-order valence-electron chi connectivity index (χ1n) is 10.4. The molecule has 5 heterocycles. The molecule has 2 aliphatic rings. The van der Waals surface area contributed by atoms with E-state index in [4.69, 9.17) is 10.7 Å².